The van der Waals surface area contributed by atoms with Crippen molar-refractivity contribution in [1.82, 2.24) is 0 Å². The zero-order valence-corrected chi connectivity index (χ0v) is 13.3. The van der Waals surface area contributed by atoms with Crippen molar-refractivity contribution < 1.29 is 13.6 Å². The maximum absolute atomic E-state index is 6.29. The van der Waals surface area contributed by atoms with Crippen molar-refractivity contribution in [2.75, 3.05) is 21.3 Å². The van der Waals surface area contributed by atoms with Crippen molar-refractivity contribution in [1.29, 1.82) is 0 Å². The zero-order chi connectivity index (χ0) is 14.2. The summed E-state index contributed by atoms with van der Waals surface area (Å²) in [5.41, 5.74) is 6.29. The molecule has 5 heteroatoms. The van der Waals surface area contributed by atoms with Crippen LogP contribution in [-0.2, 0) is 13.6 Å². The molecule has 0 spiro atoms. The second kappa shape index (κ2) is 8.07. The lowest BCUT2D eigenvalue weighted by Gasteiger charge is -2.51. The Labute approximate surface area is 113 Å². The Kier molecular flexibility index (Phi) is 7.97. The third-order valence-electron chi connectivity index (χ3n) is 3.91. The number of rotatable bonds is 5. The van der Waals surface area contributed by atoms with Gasteiger partial charge in [0.25, 0.3) is 0 Å². The van der Waals surface area contributed by atoms with Crippen LogP contribution in [0.1, 0.15) is 32.6 Å². The van der Waals surface area contributed by atoms with E-state index in [2.05, 4.69) is 20.1 Å². The van der Waals surface area contributed by atoms with E-state index in [1.54, 1.807) is 21.3 Å². The third kappa shape index (κ3) is 2.86. The molecule has 4 nitrogen and oxygen atoms in total. The second-order valence-electron chi connectivity index (χ2n) is 4.50. The van der Waals surface area contributed by atoms with Crippen LogP contribution in [0, 0.1) is 0 Å². The molecule has 1 aliphatic rings. The van der Waals surface area contributed by atoms with E-state index in [1.807, 2.05) is 0 Å². The molecule has 0 aliphatic carbocycles. The zero-order valence-electron chi connectivity index (χ0n) is 12.3. The van der Waals surface area contributed by atoms with E-state index >= 15 is 0 Å². The lowest BCUT2D eigenvalue weighted by atomic mass is 10.0. The van der Waals surface area contributed by atoms with Crippen molar-refractivity contribution >= 4 is 8.56 Å². The van der Waals surface area contributed by atoms with Crippen LogP contribution < -0.4 is 5.73 Å². The van der Waals surface area contributed by atoms with Gasteiger partial charge < -0.3 is 19.3 Å². The van der Waals surface area contributed by atoms with Gasteiger partial charge in [-0.15, -0.1) is 13.2 Å². The van der Waals surface area contributed by atoms with E-state index in [-0.39, 0.29) is 11.3 Å². The van der Waals surface area contributed by atoms with Gasteiger partial charge >= 0.3 is 8.56 Å². The fourth-order valence-electron chi connectivity index (χ4n) is 3.07. The molecule has 0 saturated carbocycles. The summed E-state index contributed by atoms with van der Waals surface area (Å²) in [5.74, 6) is 0. The summed E-state index contributed by atoms with van der Waals surface area (Å²) in [6.07, 6.45) is 4.01. The van der Waals surface area contributed by atoms with E-state index in [9.17, 15) is 0 Å². The average molecular weight is 275 g/mol. The highest BCUT2D eigenvalue weighted by Gasteiger charge is 2.62. The van der Waals surface area contributed by atoms with Gasteiger partial charge in [0, 0.05) is 27.4 Å². The third-order valence-corrected chi connectivity index (χ3v) is 8.36. The van der Waals surface area contributed by atoms with Gasteiger partial charge in [0.1, 0.15) is 5.22 Å². The first-order chi connectivity index (χ1) is 8.62. The van der Waals surface area contributed by atoms with Gasteiger partial charge in [-0.2, -0.15) is 0 Å². The Hall–Kier alpha value is -0.203. The summed E-state index contributed by atoms with van der Waals surface area (Å²) in [4.78, 5) is 0. The molecular weight excluding hydrogens is 246 g/mol. The van der Waals surface area contributed by atoms with Gasteiger partial charge in [-0.25, -0.2) is 0 Å². The van der Waals surface area contributed by atoms with E-state index in [0.29, 0.717) is 0 Å². The van der Waals surface area contributed by atoms with E-state index in [1.165, 1.54) is 0 Å². The largest absolute Gasteiger partial charge is 0.396 e. The highest BCUT2D eigenvalue weighted by molar-refractivity contribution is 6.71. The number of methoxy groups -OCH3 is 1. The van der Waals surface area contributed by atoms with Gasteiger partial charge in [0.05, 0.1) is 0 Å². The van der Waals surface area contributed by atoms with Crippen LogP contribution in [0.2, 0.25) is 6.04 Å². The standard InChI is InChI=1S/C11H25NO3Si.C2H4/c1-5-8-11(13-2)10(12)7-6-9-16(11,14-3)15-4;1-2/h10H,5-9,12H2,1-4H3;1-2H2. The first kappa shape index (κ1) is 17.8. The Morgan fingerprint density at radius 2 is 1.83 bits per heavy atom. The van der Waals surface area contributed by atoms with Crippen molar-refractivity contribution in [2.24, 2.45) is 5.73 Å². The SMILES string of the molecule is C=C.CCCC1(OC)C(N)CCC[Si]1(OC)OC. The van der Waals surface area contributed by atoms with Crippen LogP contribution in [0.15, 0.2) is 13.2 Å². The summed E-state index contributed by atoms with van der Waals surface area (Å²) in [7, 11) is 2.86. The Morgan fingerprint density at radius 1 is 1.28 bits per heavy atom. The lowest BCUT2D eigenvalue weighted by molar-refractivity contribution is -0.0279. The molecule has 1 saturated heterocycles. The van der Waals surface area contributed by atoms with Gasteiger partial charge in [-0.1, -0.05) is 13.3 Å². The van der Waals surface area contributed by atoms with Crippen LogP contribution in [0.4, 0.5) is 0 Å². The van der Waals surface area contributed by atoms with Gasteiger partial charge in [-0.3, -0.25) is 0 Å². The van der Waals surface area contributed by atoms with Crippen molar-refractivity contribution in [3.63, 3.8) is 0 Å². The first-order valence-corrected chi connectivity index (χ1v) is 8.56. The molecule has 1 heterocycles. The van der Waals surface area contributed by atoms with Crippen LogP contribution in [0.25, 0.3) is 0 Å². The molecule has 2 unspecified atom stereocenters. The van der Waals surface area contributed by atoms with Crippen LogP contribution in [0.5, 0.6) is 0 Å². The summed E-state index contributed by atoms with van der Waals surface area (Å²) in [6, 6.07) is 0.999. The summed E-state index contributed by atoms with van der Waals surface area (Å²) in [6.45, 7) is 8.15. The number of nitrogens with two attached hydrogens (primary N) is 1. The molecule has 1 rings (SSSR count). The minimum absolute atomic E-state index is 0.0257. The maximum atomic E-state index is 6.29. The quantitative estimate of drug-likeness (QED) is 0.618. The monoisotopic (exact) mass is 275 g/mol. The molecule has 108 valence electrons. The normalized spacial score (nSPS) is 30.4. The molecule has 2 N–H and O–H groups in total. The maximum Gasteiger partial charge on any atom is 0.372 e. The summed E-state index contributed by atoms with van der Waals surface area (Å²) in [5, 5.41) is -0.385. The Morgan fingerprint density at radius 3 is 2.22 bits per heavy atom. The summed E-state index contributed by atoms with van der Waals surface area (Å²) >= 11 is 0. The van der Waals surface area contributed by atoms with Crippen LogP contribution >= 0.6 is 0 Å². The predicted molar refractivity (Wildman–Crippen MR) is 77.7 cm³/mol. The highest BCUT2D eigenvalue weighted by atomic mass is 28.4. The van der Waals surface area contributed by atoms with Gasteiger partial charge in [-0.05, 0) is 25.3 Å². The molecular formula is C13H29NO3Si. The first-order valence-electron chi connectivity index (χ1n) is 6.53. The lowest BCUT2D eigenvalue weighted by Crippen LogP contribution is -2.72. The predicted octanol–water partition coefficient (Wildman–Crippen LogP) is 2.37. The fourth-order valence-corrected chi connectivity index (χ4v) is 7.08. The molecule has 0 aromatic heterocycles. The van der Waals surface area contributed by atoms with Crippen molar-refractivity contribution in [3.8, 4) is 0 Å². The second-order valence-corrected chi connectivity index (χ2v) is 8.17. The van der Waals surface area contributed by atoms with Gasteiger partial charge in [0.2, 0.25) is 0 Å². The van der Waals surface area contributed by atoms with E-state index < -0.39 is 8.56 Å². The number of ether oxygens (including phenoxy) is 1. The Balaban J connectivity index is 0.00000137. The molecule has 0 aromatic carbocycles. The van der Waals surface area contributed by atoms with Crippen molar-refractivity contribution in [2.45, 2.75) is 49.9 Å². The average Bonchev–Trinajstić information content (AvgIpc) is 2.43. The minimum atomic E-state index is -2.34. The van der Waals surface area contributed by atoms with Crippen LogP contribution in [0.3, 0.4) is 0 Å². The van der Waals surface area contributed by atoms with Crippen molar-refractivity contribution in [3.05, 3.63) is 13.2 Å². The molecule has 1 fully saturated rings. The molecule has 0 aromatic rings. The van der Waals surface area contributed by atoms with E-state index in [4.69, 9.17) is 19.3 Å². The minimum Gasteiger partial charge on any atom is -0.396 e. The van der Waals surface area contributed by atoms with E-state index in [0.717, 1.165) is 31.7 Å². The fraction of sp³-hybridized carbons (Fsp3) is 0.846. The molecule has 1 aliphatic heterocycles. The van der Waals surface area contributed by atoms with Crippen LogP contribution in [-0.4, -0.2) is 41.2 Å². The van der Waals surface area contributed by atoms with Gasteiger partial charge in [0.15, 0.2) is 0 Å². The molecule has 18 heavy (non-hydrogen) atoms. The number of hydrogen-bond donors (Lipinski definition) is 1. The molecule has 0 amide bonds. The topological polar surface area (TPSA) is 53.7 Å². The Bertz CT molecular complexity index is 236. The highest BCUT2D eigenvalue weighted by Crippen LogP contribution is 2.42. The summed E-state index contributed by atoms with van der Waals surface area (Å²) < 4.78 is 17.4. The smallest absolute Gasteiger partial charge is 0.372 e. The molecule has 0 bridgehead atoms. The number of hydrogen-bond acceptors (Lipinski definition) is 4. The molecule has 2 atom stereocenters. The molecule has 0 radical (unpaired) electrons.